The van der Waals surface area contributed by atoms with Gasteiger partial charge in [0.25, 0.3) is 0 Å². The summed E-state index contributed by atoms with van der Waals surface area (Å²) in [5.74, 6) is -0.000700. The number of hydrogen-bond acceptors (Lipinski definition) is 4. The van der Waals surface area contributed by atoms with Crippen LogP contribution in [0.3, 0.4) is 0 Å². The topological polar surface area (TPSA) is 64.8 Å². The molecule has 28 heavy (non-hydrogen) atoms. The SMILES string of the molecule is O=S(=O)(CCn1c2ccccc2c2nc3ccccc3nc21)c1ccccc1. The van der Waals surface area contributed by atoms with Gasteiger partial charge in [-0.3, -0.25) is 0 Å². The first-order chi connectivity index (χ1) is 13.6. The van der Waals surface area contributed by atoms with Crippen LogP contribution in [0.25, 0.3) is 33.1 Å². The summed E-state index contributed by atoms with van der Waals surface area (Å²) in [4.78, 5) is 9.93. The average molecular weight is 387 g/mol. The Hall–Kier alpha value is -3.25. The Kier molecular flexibility index (Phi) is 3.87. The Morgan fingerprint density at radius 3 is 2.18 bits per heavy atom. The van der Waals surface area contributed by atoms with Crippen LogP contribution in [0.5, 0.6) is 0 Å². The molecule has 0 aliphatic rings. The van der Waals surface area contributed by atoms with Crippen molar-refractivity contribution >= 4 is 42.9 Å². The third-order valence-corrected chi connectivity index (χ3v) is 6.65. The minimum atomic E-state index is -3.39. The Morgan fingerprint density at radius 1 is 0.750 bits per heavy atom. The number of fused-ring (bicyclic) bond motifs is 4. The van der Waals surface area contributed by atoms with Gasteiger partial charge < -0.3 is 4.57 Å². The fourth-order valence-electron chi connectivity index (χ4n) is 3.57. The van der Waals surface area contributed by atoms with Crippen molar-refractivity contribution in [1.29, 1.82) is 0 Å². The van der Waals surface area contributed by atoms with Gasteiger partial charge >= 0.3 is 0 Å². The molecule has 0 fully saturated rings. The first kappa shape index (κ1) is 16.9. The molecule has 2 heterocycles. The zero-order valence-electron chi connectivity index (χ0n) is 15.0. The van der Waals surface area contributed by atoms with Crippen LogP contribution in [0.2, 0.25) is 0 Å². The molecule has 2 aromatic heterocycles. The van der Waals surface area contributed by atoms with E-state index in [1.165, 1.54) is 0 Å². The van der Waals surface area contributed by atoms with E-state index in [9.17, 15) is 8.42 Å². The summed E-state index contributed by atoms with van der Waals surface area (Å²) in [6.07, 6.45) is 0. The minimum Gasteiger partial charge on any atom is -0.323 e. The lowest BCUT2D eigenvalue weighted by atomic mass is 10.2. The molecule has 5 aromatic rings. The van der Waals surface area contributed by atoms with E-state index in [4.69, 9.17) is 9.97 Å². The van der Waals surface area contributed by atoms with E-state index in [1.807, 2.05) is 59.2 Å². The lowest BCUT2D eigenvalue weighted by molar-refractivity contribution is 0.591. The molecule has 6 heteroatoms. The largest absolute Gasteiger partial charge is 0.323 e. The standard InChI is InChI=1S/C22H17N3O2S/c26-28(27,16-8-2-1-3-9-16)15-14-25-20-13-7-4-10-17(20)21-22(25)24-19-12-6-5-11-18(19)23-21/h1-13H,14-15H2. The fourth-order valence-corrected chi connectivity index (χ4v) is 4.80. The molecule has 0 spiro atoms. The molecule has 0 aliphatic carbocycles. The van der Waals surface area contributed by atoms with E-state index >= 15 is 0 Å². The lowest BCUT2D eigenvalue weighted by Gasteiger charge is -2.08. The molecule has 0 saturated heterocycles. The van der Waals surface area contributed by atoms with Crippen LogP contribution in [0.4, 0.5) is 0 Å². The highest BCUT2D eigenvalue weighted by Gasteiger charge is 2.18. The number of para-hydroxylation sites is 3. The van der Waals surface area contributed by atoms with E-state index in [-0.39, 0.29) is 5.75 Å². The third-order valence-electron chi connectivity index (χ3n) is 4.94. The first-order valence-corrected chi connectivity index (χ1v) is 10.7. The van der Waals surface area contributed by atoms with Gasteiger partial charge in [0.2, 0.25) is 0 Å². The zero-order valence-corrected chi connectivity index (χ0v) is 15.8. The second-order valence-corrected chi connectivity index (χ2v) is 8.79. The number of aromatic nitrogens is 3. The lowest BCUT2D eigenvalue weighted by Crippen LogP contribution is -2.13. The highest BCUT2D eigenvalue weighted by atomic mass is 32.2. The molecule has 0 atom stereocenters. The maximum Gasteiger partial charge on any atom is 0.180 e. The van der Waals surface area contributed by atoms with Crippen LogP contribution in [0.1, 0.15) is 0 Å². The van der Waals surface area contributed by atoms with E-state index in [2.05, 4.69) is 0 Å². The molecule has 0 saturated carbocycles. The fraction of sp³-hybridized carbons (Fsp3) is 0.0909. The van der Waals surface area contributed by atoms with Gasteiger partial charge in [-0.05, 0) is 30.3 Å². The monoisotopic (exact) mass is 387 g/mol. The molecule has 3 aromatic carbocycles. The second-order valence-electron chi connectivity index (χ2n) is 6.69. The molecule has 5 rings (SSSR count). The molecule has 0 radical (unpaired) electrons. The van der Waals surface area contributed by atoms with Crippen molar-refractivity contribution in [2.75, 3.05) is 5.75 Å². The molecule has 0 unspecified atom stereocenters. The van der Waals surface area contributed by atoms with E-state index in [1.54, 1.807) is 24.3 Å². The van der Waals surface area contributed by atoms with Crippen LogP contribution in [0.15, 0.2) is 83.8 Å². The summed E-state index contributed by atoms with van der Waals surface area (Å²) in [5, 5.41) is 0.980. The highest BCUT2D eigenvalue weighted by Crippen LogP contribution is 2.28. The van der Waals surface area contributed by atoms with Gasteiger partial charge in [-0.2, -0.15) is 0 Å². The summed E-state index contributed by atoms with van der Waals surface area (Å²) < 4.78 is 27.5. The van der Waals surface area contributed by atoms with Crippen molar-refractivity contribution in [3.63, 3.8) is 0 Å². The van der Waals surface area contributed by atoms with Gasteiger partial charge in [0.05, 0.1) is 27.2 Å². The summed E-state index contributed by atoms with van der Waals surface area (Å²) in [6.45, 7) is 0.314. The van der Waals surface area contributed by atoms with E-state index in [0.717, 1.165) is 27.5 Å². The number of rotatable bonds is 4. The number of nitrogens with zero attached hydrogens (tertiary/aromatic N) is 3. The summed E-state index contributed by atoms with van der Waals surface area (Å²) in [7, 11) is -3.39. The molecular weight excluding hydrogens is 370 g/mol. The Balaban J connectivity index is 1.66. The summed E-state index contributed by atoms with van der Waals surface area (Å²) >= 11 is 0. The van der Waals surface area contributed by atoms with Crippen LogP contribution >= 0.6 is 0 Å². The third kappa shape index (κ3) is 2.73. The van der Waals surface area contributed by atoms with Gasteiger partial charge in [-0.25, -0.2) is 18.4 Å². The van der Waals surface area contributed by atoms with Crippen LogP contribution in [0, 0.1) is 0 Å². The molecule has 138 valence electrons. The Labute approximate surface area is 162 Å². The van der Waals surface area contributed by atoms with Gasteiger partial charge in [0.15, 0.2) is 15.5 Å². The van der Waals surface area contributed by atoms with Crippen molar-refractivity contribution in [3.8, 4) is 0 Å². The van der Waals surface area contributed by atoms with Gasteiger partial charge in [-0.1, -0.05) is 48.5 Å². The van der Waals surface area contributed by atoms with E-state index in [0.29, 0.717) is 17.1 Å². The summed E-state index contributed by atoms with van der Waals surface area (Å²) in [5.41, 5.74) is 4.07. The first-order valence-electron chi connectivity index (χ1n) is 9.05. The molecule has 0 bridgehead atoms. The average Bonchev–Trinajstić information content (AvgIpc) is 3.04. The summed E-state index contributed by atoms with van der Waals surface area (Å²) in [6, 6.07) is 24.2. The van der Waals surface area contributed by atoms with Crippen molar-refractivity contribution < 1.29 is 8.42 Å². The van der Waals surface area contributed by atoms with Crippen LogP contribution in [-0.4, -0.2) is 28.7 Å². The predicted octanol–water partition coefficient (Wildman–Crippen LogP) is 4.21. The number of sulfone groups is 1. The van der Waals surface area contributed by atoms with Crippen molar-refractivity contribution in [2.24, 2.45) is 0 Å². The second kappa shape index (κ2) is 6.42. The van der Waals surface area contributed by atoms with Gasteiger partial charge in [0.1, 0.15) is 5.52 Å². The van der Waals surface area contributed by atoms with Crippen LogP contribution in [-0.2, 0) is 16.4 Å². The predicted molar refractivity (Wildman–Crippen MR) is 111 cm³/mol. The zero-order chi connectivity index (χ0) is 19.1. The van der Waals surface area contributed by atoms with Gasteiger partial charge in [0, 0.05) is 11.9 Å². The number of benzene rings is 3. The Morgan fingerprint density at radius 2 is 1.39 bits per heavy atom. The number of hydrogen-bond donors (Lipinski definition) is 0. The molecule has 5 nitrogen and oxygen atoms in total. The van der Waals surface area contributed by atoms with Crippen LogP contribution < -0.4 is 0 Å². The van der Waals surface area contributed by atoms with Gasteiger partial charge in [-0.15, -0.1) is 0 Å². The molecule has 0 amide bonds. The molecular formula is C22H17N3O2S. The Bertz CT molecular complexity index is 1420. The van der Waals surface area contributed by atoms with Crippen molar-refractivity contribution in [1.82, 2.24) is 14.5 Å². The maximum atomic E-state index is 12.8. The number of aryl methyl sites for hydroxylation is 1. The van der Waals surface area contributed by atoms with Crippen molar-refractivity contribution in [2.45, 2.75) is 11.4 Å². The molecule has 0 aliphatic heterocycles. The molecule has 0 N–H and O–H groups in total. The van der Waals surface area contributed by atoms with Crippen molar-refractivity contribution in [3.05, 3.63) is 78.9 Å². The highest BCUT2D eigenvalue weighted by molar-refractivity contribution is 7.91. The smallest absolute Gasteiger partial charge is 0.180 e. The quantitative estimate of drug-likeness (QED) is 0.463. The maximum absolute atomic E-state index is 12.8. The normalized spacial score (nSPS) is 12.1. The minimum absolute atomic E-state index is 0.000700. The van der Waals surface area contributed by atoms with E-state index < -0.39 is 9.84 Å².